The first-order chi connectivity index (χ1) is 10.2. The van der Waals surface area contributed by atoms with Crippen LogP contribution in [0, 0.1) is 0 Å². The molecular formula is C19H23NO. The molecule has 1 N–H and O–H groups in total. The molecule has 0 saturated carbocycles. The zero-order chi connectivity index (χ0) is 15.1. The van der Waals surface area contributed by atoms with Crippen LogP contribution in [0.4, 0.5) is 0 Å². The van der Waals surface area contributed by atoms with E-state index in [4.69, 9.17) is 0 Å². The molecule has 2 aromatic carbocycles. The molecule has 0 heterocycles. The number of carbonyl (C=O) groups is 1. The van der Waals surface area contributed by atoms with Crippen LogP contribution in [0.5, 0.6) is 0 Å². The summed E-state index contributed by atoms with van der Waals surface area (Å²) in [5.74, 6) is 0.0788. The highest BCUT2D eigenvalue weighted by Gasteiger charge is 2.08. The molecule has 0 amide bonds. The van der Waals surface area contributed by atoms with Gasteiger partial charge in [0, 0.05) is 23.7 Å². The molecular weight excluding hydrogens is 258 g/mol. The molecule has 0 fully saturated rings. The van der Waals surface area contributed by atoms with Gasteiger partial charge in [0.2, 0.25) is 0 Å². The smallest absolute Gasteiger partial charge is 0.193 e. The highest BCUT2D eigenvalue weighted by atomic mass is 16.1. The van der Waals surface area contributed by atoms with Crippen molar-refractivity contribution < 1.29 is 4.79 Å². The summed E-state index contributed by atoms with van der Waals surface area (Å²) in [6.07, 6.45) is 2.28. The molecule has 21 heavy (non-hydrogen) atoms. The van der Waals surface area contributed by atoms with Gasteiger partial charge in [0.15, 0.2) is 5.78 Å². The summed E-state index contributed by atoms with van der Waals surface area (Å²) in [6.45, 7) is 5.25. The van der Waals surface area contributed by atoms with Crippen LogP contribution in [-0.4, -0.2) is 11.8 Å². The highest BCUT2D eigenvalue weighted by molar-refractivity contribution is 6.08. The maximum atomic E-state index is 12.3. The second-order valence-corrected chi connectivity index (χ2v) is 5.29. The Bertz CT molecular complexity index is 556. The Morgan fingerprint density at radius 3 is 2.05 bits per heavy atom. The topological polar surface area (TPSA) is 29.1 Å². The molecule has 0 spiro atoms. The maximum Gasteiger partial charge on any atom is 0.193 e. The van der Waals surface area contributed by atoms with Gasteiger partial charge < -0.3 is 5.32 Å². The highest BCUT2D eigenvalue weighted by Crippen LogP contribution is 2.11. The standard InChI is InChI=1S/C19H23NO/c1-3-18(4-2)20-14-15-10-12-17(13-11-15)19(21)16-8-6-5-7-9-16/h5-13,18,20H,3-4,14H2,1-2H3. The van der Waals surface area contributed by atoms with Crippen LogP contribution in [0.25, 0.3) is 0 Å². The van der Waals surface area contributed by atoms with Crippen LogP contribution in [0.1, 0.15) is 48.2 Å². The van der Waals surface area contributed by atoms with E-state index in [9.17, 15) is 4.79 Å². The molecule has 0 aliphatic heterocycles. The number of rotatable bonds is 7. The predicted octanol–water partition coefficient (Wildman–Crippen LogP) is 4.20. The summed E-state index contributed by atoms with van der Waals surface area (Å²) in [6, 6.07) is 17.9. The van der Waals surface area contributed by atoms with E-state index in [1.807, 2.05) is 54.6 Å². The Labute approximate surface area is 127 Å². The first-order valence-electron chi connectivity index (χ1n) is 7.66. The summed E-state index contributed by atoms with van der Waals surface area (Å²) >= 11 is 0. The average molecular weight is 281 g/mol. The van der Waals surface area contributed by atoms with E-state index >= 15 is 0 Å². The van der Waals surface area contributed by atoms with Crippen molar-refractivity contribution in [2.75, 3.05) is 0 Å². The molecule has 0 aromatic heterocycles. The minimum atomic E-state index is 0.0788. The largest absolute Gasteiger partial charge is 0.310 e. The van der Waals surface area contributed by atoms with Crippen molar-refractivity contribution in [1.82, 2.24) is 5.32 Å². The van der Waals surface area contributed by atoms with Gasteiger partial charge in [-0.2, -0.15) is 0 Å². The Hall–Kier alpha value is -1.93. The Balaban J connectivity index is 2.00. The third-order valence-corrected chi connectivity index (χ3v) is 3.83. The van der Waals surface area contributed by atoms with Crippen LogP contribution in [0.2, 0.25) is 0 Å². The zero-order valence-corrected chi connectivity index (χ0v) is 12.8. The van der Waals surface area contributed by atoms with Crippen LogP contribution in [0.3, 0.4) is 0 Å². The summed E-state index contributed by atoms with van der Waals surface area (Å²) in [5, 5.41) is 3.53. The average Bonchev–Trinajstić information content (AvgIpc) is 2.56. The fourth-order valence-electron chi connectivity index (χ4n) is 2.37. The molecule has 2 nitrogen and oxygen atoms in total. The van der Waals surface area contributed by atoms with E-state index in [0.29, 0.717) is 6.04 Å². The van der Waals surface area contributed by atoms with Crippen LogP contribution in [0.15, 0.2) is 54.6 Å². The fourth-order valence-corrected chi connectivity index (χ4v) is 2.37. The predicted molar refractivity (Wildman–Crippen MR) is 87.5 cm³/mol. The van der Waals surface area contributed by atoms with E-state index in [0.717, 1.165) is 30.5 Å². The summed E-state index contributed by atoms with van der Waals surface area (Å²) < 4.78 is 0. The lowest BCUT2D eigenvalue weighted by Crippen LogP contribution is -2.26. The number of nitrogens with one attached hydrogen (secondary N) is 1. The molecule has 2 rings (SSSR count). The SMILES string of the molecule is CCC(CC)NCc1ccc(C(=O)c2ccccc2)cc1. The second-order valence-electron chi connectivity index (χ2n) is 5.29. The van der Waals surface area contributed by atoms with Crippen molar-refractivity contribution >= 4 is 5.78 Å². The molecule has 110 valence electrons. The summed E-state index contributed by atoms with van der Waals surface area (Å²) in [7, 11) is 0. The molecule has 0 unspecified atom stereocenters. The molecule has 0 saturated heterocycles. The minimum Gasteiger partial charge on any atom is -0.310 e. The lowest BCUT2D eigenvalue weighted by atomic mass is 10.0. The monoisotopic (exact) mass is 281 g/mol. The maximum absolute atomic E-state index is 12.3. The number of hydrogen-bond donors (Lipinski definition) is 1. The van der Waals surface area contributed by atoms with Crippen LogP contribution < -0.4 is 5.32 Å². The van der Waals surface area contributed by atoms with Crippen molar-refractivity contribution in [1.29, 1.82) is 0 Å². The van der Waals surface area contributed by atoms with E-state index in [1.54, 1.807) is 0 Å². The molecule has 0 atom stereocenters. The second kappa shape index (κ2) is 7.75. The first kappa shape index (κ1) is 15.5. The van der Waals surface area contributed by atoms with Crippen molar-refractivity contribution in [2.24, 2.45) is 0 Å². The zero-order valence-electron chi connectivity index (χ0n) is 12.8. The molecule has 2 heteroatoms. The van der Waals surface area contributed by atoms with Gasteiger partial charge in [-0.25, -0.2) is 0 Å². The number of carbonyl (C=O) groups excluding carboxylic acids is 1. The third-order valence-electron chi connectivity index (χ3n) is 3.83. The van der Waals surface area contributed by atoms with Crippen molar-refractivity contribution in [2.45, 2.75) is 39.3 Å². The van der Waals surface area contributed by atoms with Gasteiger partial charge in [-0.3, -0.25) is 4.79 Å². The van der Waals surface area contributed by atoms with E-state index in [-0.39, 0.29) is 5.78 Å². The van der Waals surface area contributed by atoms with Gasteiger partial charge in [0.05, 0.1) is 0 Å². The summed E-state index contributed by atoms with van der Waals surface area (Å²) in [4.78, 5) is 12.3. The van der Waals surface area contributed by atoms with Gasteiger partial charge in [0.25, 0.3) is 0 Å². The quantitative estimate of drug-likeness (QED) is 0.771. The van der Waals surface area contributed by atoms with Gasteiger partial charge in [0.1, 0.15) is 0 Å². The molecule has 2 aromatic rings. The Morgan fingerprint density at radius 1 is 0.905 bits per heavy atom. The lowest BCUT2D eigenvalue weighted by Gasteiger charge is -2.14. The molecule has 0 aliphatic rings. The van der Waals surface area contributed by atoms with Crippen LogP contribution in [-0.2, 0) is 6.54 Å². The Kier molecular flexibility index (Phi) is 5.70. The van der Waals surface area contributed by atoms with Crippen LogP contribution >= 0.6 is 0 Å². The first-order valence-corrected chi connectivity index (χ1v) is 7.66. The molecule has 0 aliphatic carbocycles. The van der Waals surface area contributed by atoms with E-state index < -0.39 is 0 Å². The number of ketones is 1. The fraction of sp³-hybridized carbons (Fsp3) is 0.316. The van der Waals surface area contributed by atoms with E-state index in [2.05, 4.69) is 19.2 Å². The molecule has 0 bridgehead atoms. The van der Waals surface area contributed by atoms with Gasteiger partial charge in [-0.1, -0.05) is 68.4 Å². The van der Waals surface area contributed by atoms with E-state index in [1.165, 1.54) is 5.56 Å². The van der Waals surface area contributed by atoms with Crippen molar-refractivity contribution in [3.05, 3.63) is 71.3 Å². The Morgan fingerprint density at radius 2 is 1.48 bits per heavy atom. The van der Waals surface area contributed by atoms with Crippen molar-refractivity contribution in [3.63, 3.8) is 0 Å². The lowest BCUT2D eigenvalue weighted by molar-refractivity contribution is 0.103. The minimum absolute atomic E-state index is 0.0788. The van der Waals surface area contributed by atoms with Gasteiger partial charge in [-0.05, 0) is 18.4 Å². The number of benzene rings is 2. The third kappa shape index (κ3) is 4.27. The van der Waals surface area contributed by atoms with Crippen molar-refractivity contribution in [3.8, 4) is 0 Å². The summed E-state index contributed by atoms with van der Waals surface area (Å²) in [5.41, 5.74) is 2.69. The normalized spacial score (nSPS) is 10.8. The van der Waals surface area contributed by atoms with Gasteiger partial charge >= 0.3 is 0 Å². The van der Waals surface area contributed by atoms with Gasteiger partial charge in [-0.15, -0.1) is 0 Å². The number of hydrogen-bond acceptors (Lipinski definition) is 2. The molecule has 0 radical (unpaired) electrons.